The average Bonchev–Trinajstić information content (AvgIpc) is 2.46. The summed E-state index contributed by atoms with van der Waals surface area (Å²) in [5.41, 5.74) is 1.02. The lowest BCUT2D eigenvalue weighted by atomic mass is 10.1. The number of pyridine rings is 1. The van der Waals surface area contributed by atoms with Crippen LogP contribution in [-0.2, 0) is 0 Å². The molecule has 0 bridgehead atoms. The molecule has 0 aliphatic heterocycles. The summed E-state index contributed by atoms with van der Waals surface area (Å²) in [5.74, 6) is 1.22. The Morgan fingerprint density at radius 2 is 1.94 bits per heavy atom. The number of nitrogens with one attached hydrogen (secondary N) is 1. The van der Waals surface area contributed by atoms with Crippen LogP contribution in [-0.4, -0.2) is 23.8 Å². The summed E-state index contributed by atoms with van der Waals surface area (Å²) in [6.45, 7) is 0.00288. The van der Waals surface area contributed by atoms with E-state index in [1.54, 1.807) is 13.2 Å². The number of hydrogen-bond acceptors (Lipinski definition) is 4. The van der Waals surface area contributed by atoms with E-state index in [2.05, 4.69) is 10.3 Å². The maximum Gasteiger partial charge on any atom is 0.214 e. The van der Waals surface area contributed by atoms with Crippen LogP contribution in [0.1, 0.15) is 11.6 Å². The summed E-state index contributed by atoms with van der Waals surface area (Å²) in [6.07, 6.45) is 0. The molecule has 1 aromatic heterocycles. The van der Waals surface area contributed by atoms with Gasteiger partial charge in [-0.25, -0.2) is 0 Å². The normalized spacial score (nSPS) is 11.9. The van der Waals surface area contributed by atoms with Crippen LogP contribution in [0.4, 0.5) is 5.82 Å². The molecule has 1 heterocycles. The fourth-order valence-electron chi connectivity index (χ4n) is 1.71. The van der Waals surface area contributed by atoms with E-state index in [9.17, 15) is 5.11 Å². The first-order valence-corrected chi connectivity index (χ1v) is 5.77. The summed E-state index contributed by atoms with van der Waals surface area (Å²) in [6, 6.07) is 15.1. The van der Waals surface area contributed by atoms with Crippen LogP contribution in [0.2, 0.25) is 0 Å². The molecule has 0 saturated carbocycles. The zero-order chi connectivity index (χ0) is 12.8. The molecular weight excluding hydrogens is 228 g/mol. The van der Waals surface area contributed by atoms with Crippen molar-refractivity contribution in [2.24, 2.45) is 0 Å². The molecule has 0 amide bonds. The zero-order valence-corrected chi connectivity index (χ0v) is 10.2. The van der Waals surface area contributed by atoms with Gasteiger partial charge in [0.1, 0.15) is 5.82 Å². The minimum Gasteiger partial charge on any atom is -0.481 e. The molecule has 2 rings (SSSR count). The fraction of sp³-hybridized carbons (Fsp3) is 0.214. The van der Waals surface area contributed by atoms with Gasteiger partial charge >= 0.3 is 0 Å². The van der Waals surface area contributed by atoms with Crippen LogP contribution in [0.25, 0.3) is 0 Å². The molecule has 0 spiro atoms. The molecule has 18 heavy (non-hydrogen) atoms. The quantitative estimate of drug-likeness (QED) is 0.847. The van der Waals surface area contributed by atoms with E-state index in [1.807, 2.05) is 42.5 Å². The largest absolute Gasteiger partial charge is 0.481 e. The van der Waals surface area contributed by atoms with Crippen LogP contribution < -0.4 is 10.1 Å². The van der Waals surface area contributed by atoms with Crippen molar-refractivity contribution in [3.05, 3.63) is 54.1 Å². The van der Waals surface area contributed by atoms with E-state index in [4.69, 9.17) is 4.74 Å². The molecule has 1 atom stereocenters. The third-order valence-corrected chi connectivity index (χ3v) is 2.64. The number of rotatable bonds is 5. The Kier molecular flexibility index (Phi) is 4.15. The first kappa shape index (κ1) is 12.4. The van der Waals surface area contributed by atoms with Gasteiger partial charge in [0.25, 0.3) is 0 Å². The number of anilines is 1. The van der Waals surface area contributed by atoms with Gasteiger partial charge in [0.2, 0.25) is 5.88 Å². The molecule has 0 fully saturated rings. The highest BCUT2D eigenvalue weighted by atomic mass is 16.5. The predicted molar refractivity (Wildman–Crippen MR) is 70.7 cm³/mol. The smallest absolute Gasteiger partial charge is 0.214 e. The van der Waals surface area contributed by atoms with Crippen LogP contribution in [0, 0.1) is 0 Å². The Morgan fingerprint density at radius 1 is 1.17 bits per heavy atom. The van der Waals surface area contributed by atoms with E-state index in [-0.39, 0.29) is 12.6 Å². The van der Waals surface area contributed by atoms with E-state index >= 15 is 0 Å². The van der Waals surface area contributed by atoms with Crippen LogP contribution in [0.15, 0.2) is 48.5 Å². The molecule has 0 aliphatic carbocycles. The summed E-state index contributed by atoms with van der Waals surface area (Å²) in [5, 5.41) is 12.6. The Balaban J connectivity index is 2.15. The Morgan fingerprint density at radius 3 is 2.61 bits per heavy atom. The molecule has 0 saturated heterocycles. The van der Waals surface area contributed by atoms with Gasteiger partial charge in [-0.3, -0.25) is 0 Å². The van der Waals surface area contributed by atoms with Crippen molar-refractivity contribution in [3.8, 4) is 5.88 Å². The number of nitrogens with zero attached hydrogens (tertiary/aromatic N) is 1. The lowest BCUT2D eigenvalue weighted by Gasteiger charge is -2.17. The molecule has 0 radical (unpaired) electrons. The standard InChI is InChI=1S/C14H16N2O2/c1-18-14-9-5-8-13(16-14)15-12(10-17)11-6-3-2-4-7-11/h2-9,12,17H,10H2,1H3,(H,15,16). The number of aromatic nitrogens is 1. The van der Waals surface area contributed by atoms with Crippen molar-refractivity contribution < 1.29 is 9.84 Å². The van der Waals surface area contributed by atoms with Crippen LogP contribution in [0.3, 0.4) is 0 Å². The van der Waals surface area contributed by atoms with Gasteiger partial charge in [-0.2, -0.15) is 4.98 Å². The molecule has 2 N–H and O–H groups in total. The number of hydrogen-bond donors (Lipinski definition) is 2. The van der Waals surface area contributed by atoms with Crippen molar-refractivity contribution in [3.63, 3.8) is 0 Å². The average molecular weight is 244 g/mol. The number of methoxy groups -OCH3 is 1. The SMILES string of the molecule is COc1cccc(NC(CO)c2ccccc2)n1. The second-order valence-corrected chi connectivity index (χ2v) is 3.86. The maximum absolute atomic E-state index is 9.45. The van der Waals surface area contributed by atoms with Crippen molar-refractivity contribution in [2.75, 3.05) is 19.0 Å². The van der Waals surface area contributed by atoms with Crippen LogP contribution in [0.5, 0.6) is 5.88 Å². The van der Waals surface area contributed by atoms with Gasteiger partial charge < -0.3 is 15.2 Å². The monoisotopic (exact) mass is 244 g/mol. The molecule has 1 unspecified atom stereocenters. The first-order valence-electron chi connectivity index (χ1n) is 5.77. The van der Waals surface area contributed by atoms with Crippen LogP contribution >= 0.6 is 0 Å². The highest BCUT2D eigenvalue weighted by Gasteiger charge is 2.10. The highest BCUT2D eigenvalue weighted by molar-refractivity contribution is 5.40. The van der Waals surface area contributed by atoms with Crippen molar-refractivity contribution >= 4 is 5.82 Å². The van der Waals surface area contributed by atoms with Crippen molar-refractivity contribution in [1.29, 1.82) is 0 Å². The Bertz CT molecular complexity index is 488. The molecular formula is C14H16N2O2. The third kappa shape index (κ3) is 2.99. The minimum atomic E-state index is -0.175. The predicted octanol–water partition coefficient (Wildman–Crippen LogP) is 2.24. The van der Waals surface area contributed by atoms with Crippen molar-refractivity contribution in [2.45, 2.75) is 6.04 Å². The highest BCUT2D eigenvalue weighted by Crippen LogP contribution is 2.19. The summed E-state index contributed by atoms with van der Waals surface area (Å²) in [4.78, 5) is 4.26. The lowest BCUT2D eigenvalue weighted by Crippen LogP contribution is -2.15. The lowest BCUT2D eigenvalue weighted by molar-refractivity contribution is 0.276. The second-order valence-electron chi connectivity index (χ2n) is 3.86. The molecule has 1 aromatic carbocycles. The fourth-order valence-corrected chi connectivity index (χ4v) is 1.71. The van der Waals surface area contributed by atoms with Gasteiger partial charge in [-0.15, -0.1) is 0 Å². The van der Waals surface area contributed by atoms with E-state index in [0.717, 1.165) is 5.56 Å². The number of ether oxygens (including phenoxy) is 1. The molecule has 4 heteroatoms. The number of aliphatic hydroxyl groups is 1. The van der Waals surface area contributed by atoms with Gasteiger partial charge in [0.05, 0.1) is 19.8 Å². The zero-order valence-electron chi connectivity index (χ0n) is 10.2. The van der Waals surface area contributed by atoms with Gasteiger partial charge in [0.15, 0.2) is 0 Å². The molecule has 4 nitrogen and oxygen atoms in total. The summed E-state index contributed by atoms with van der Waals surface area (Å²) >= 11 is 0. The topological polar surface area (TPSA) is 54.4 Å². The van der Waals surface area contributed by atoms with E-state index < -0.39 is 0 Å². The molecule has 94 valence electrons. The van der Waals surface area contributed by atoms with Crippen molar-refractivity contribution in [1.82, 2.24) is 4.98 Å². The number of aliphatic hydroxyl groups excluding tert-OH is 1. The first-order chi connectivity index (χ1) is 8.83. The molecule has 0 aliphatic rings. The Hall–Kier alpha value is -2.07. The van der Waals surface area contributed by atoms with Gasteiger partial charge in [-0.1, -0.05) is 36.4 Å². The Labute approximate surface area is 106 Å². The van der Waals surface area contributed by atoms with Gasteiger partial charge in [-0.05, 0) is 11.6 Å². The van der Waals surface area contributed by atoms with Gasteiger partial charge in [0, 0.05) is 6.07 Å². The minimum absolute atomic E-state index is 0.00288. The number of benzene rings is 1. The summed E-state index contributed by atoms with van der Waals surface area (Å²) in [7, 11) is 1.58. The third-order valence-electron chi connectivity index (χ3n) is 2.64. The van der Waals surface area contributed by atoms with E-state index in [1.165, 1.54) is 0 Å². The summed E-state index contributed by atoms with van der Waals surface area (Å²) < 4.78 is 5.06. The molecule has 2 aromatic rings. The van der Waals surface area contributed by atoms with E-state index in [0.29, 0.717) is 11.7 Å². The maximum atomic E-state index is 9.45. The second kappa shape index (κ2) is 6.02.